The van der Waals surface area contributed by atoms with Gasteiger partial charge in [-0.2, -0.15) is 0 Å². The topological polar surface area (TPSA) is 30.5 Å². The maximum absolute atomic E-state index is 6.11. The Bertz CT molecular complexity index is 911. The molecule has 146 valence electrons. The van der Waals surface area contributed by atoms with Gasteiger partial charge in [-0.25, -0.2) is 0 Å². The average Bonchev–Trinajstić information content (AvgIpc) is 2.68. The molecule has 0 saturated heterocycles. The van der Waals surface area contributed by atoms with Gasteiger partial charge < -0.3 is 14.8 Å². The SMILES string of the molecule is CCOc1cc(CNc2ccc(Cl)cc2)cc(I)c1OCc1ccc(C)cc1. The number of benzene rings is 3. The molecule has 28 heavy (non-hydrogen) atoms. The van der Waals surface area contributed by atoms with E-state index < -0.39 is 0 Å². The lowest BCUT2D eigenvalue weighted by Crippen LogP contribution is -2.05. The summed E-state index contributed by atoms with van der Waals surface area (Å²) in [7, 11) is 0. The Kier molecular flexibility index (Phi) is 7.45. The first-order valence-corrected chi connectivity index (χ1v) is 10.6. The number of halogens is 2. The fraction of sp³-hybridized carbons (Fsp3) is 0.217. The number of hydrogen-bond donors (Lipinski definition) is 1. The van der Waals surface area contributed by atoms with Crippen molar-refractivity contribution in [1.82, 2.24) is 0 Å². The molecule has 0 heterocycles. The van der Waals surface area contributed by atoms with Gasteiger partial charge in [-0.15, -0.1) is 0 Å². The zero-order chi connectivity index (χ0) is 19.9. The van der Waals surface area contributed by atoms with Gasteiger partial charge in [0.15, 0.2) is 11.5 Å². The average molecular weight is 508 g/mol. The van der Waals surface area contributed by atoms with Gasteiger partial charge in [0, 0.05) is 17.3 Å². The first-order valence-electron chi connectivity index (χ1n) is 9.18. The molecular weight excluding hydrogens is 485 g/mol. The second kappa shape index (κ2) is 10.0. The minimum Gasteiger partial charge on any atom is -0.490 e. The molecule has 3 nitrogen and oxygen atoms in total. The van der Waals surface area contributed by atoms with Crippen LogP contribution in [0.25, 0.3) is 0 Å². The van der Waals surface area contributed by atoms with Crippen molar-refractivity contribution in [2.45, 2.75) is 27.0 Å². The number of anilines is 1. The van der Waals surface area contributed by atoms with E-state index in [2.05, 4.69) is 65.2 Å². The summed E-state index contributed by atoms with van der Waals surface area (Å²) < 4.78 is 13.0. The Balaban J connectivity index is 1.73. The summed E-state index contributed by atoms with van der Waals surface area (Å²) in [5.74, 6) is 1.56. The Morgan fingerprint density at radius 3 is 2.32 bits per heavy atom. The lowest BCUT2D eigenvalue weighted by molar-refractivity contribution is 0.267. The van der Waals surface area contributed by atoms with Crippen molar-refractivity contribution in [2.75, 3.05) is 11.9 Å². The van der Waals surface area contributed by atoms with Gasteiger partial charge in [-0.05, 0) is 84.0 Å². The molecule has 5 heteroatoms. The van der Waals surface area contributed by atoms with Gasteiger partial charge in [0.05, 0.1) is 10.2 Å². The van der Waals surface area contributed by atoms with E-state index in [9.17, 15) is 0 Å². The summed E-state index contributed by atoms with van der Waals surface area (Å²) in [6, 6.07) is 20.2. The molecule has 0 aliphatic carbocycles. The summed E-state index contributed by atoms with van der Waals surface area (Å²) >= 11 is 8.25. The van der Waals surface area contributed by atoms with Crippen LogP contribution in [-0.2, 0) is 13.2 Å². The number of rotatable bonds is 8. The molecule has 0 amide bonds. The van der Waals surface area contributed by atoms with Crippen molar-refractivity contribution >= 4 is 39.9 Å². The molecule has 3 rings (SSSR count). The largest absolute Gasteiger partial charge is 0.490 e. The lowest BCUT2D eigenvalue weighted by Gasteiger charge is -2.16. The van der Waals surface area contributed by atoms with Crippen molar-refractivity contribution in [1.29, 1.82) is 0 Å². The highest BCUT2D eigenvalue weighted by Crippen LogP contribution is 2.35. The number of ether oxygens (including phenoxy) is 2. The van der Waals surface area contributed by atoms with Crippen molar-refractivity contribution in [3.63, 3.8) is 0 Å². The van der Waals surface area contributed by atoms with E-state index in [0.717, 1.165) is 36.9 Å². The third-order valence-corrected chi connectivity index (χ3v) is 5.27. The molecule has 0 atom stereocenters. The van der Waals surface area contributed by atoms with E-state index in [1.54, 1.807) is 0 Å². The van der Waals surface area contributed by atoms with Crippen LogP contribution < -0.4 is 14.8 Å². The summed E-state index contributed by atoms with van der Waals surface area (Å²) in [6.07, 6.45) is 0. The summed E-state index contributed by atoms with van der Waals surface area (Å²) in [6.45, 7) is 5.85. The quantitative estimate of drug-likeness (QED) is 0.339. The highest BCUT2D eigenvalue weighted by Gasteiger charge is 2.13. The van der Waals surface area contributed by atoms with Crippen molar-refractivity contribution in [3.8, 4) is 11.5 Å². The third-order valence-electron chi connectivity index (χ3n) is 4.21. The summed E-state index contributed by atoms with van der Waals surface area (Å²) in [5, 5.41) is 4.14. The molecule has 0 aromatic heterocycles. The highest BCUT2D eigenvalue weighted by molar-refractivity contribution is 14.1. The Labute approximate surface area is 185 Å². The van der Waals surface area contributed by atoms with Crippen LogP contribution in [0.4, 0.5) is 5.69 Å². The fourth-order valence-corrected chi connectivity index (χ4v) is 3.69. The minimum absolute atomic E-state index is 0.513. The molecular formula is C23H23ClINO2. The van der Waals surface area contributed by atoms with Gasteiger partial charge >= 0.3 is 0 Å². The van der Waals surface area contributed by atoms with Crippen molar-refractivity contribution < 1.29 is 9.47 Å². The number of aryl methyl sites for hydroxylation is 1. The van der Waals surface area contributed by atoms with Crippen LogP contribution in [0.5, 0.6) is 11.5 Å². The third kappa shape index (κ3) is 5.79. The molecule has 0 bridgehead atoms. The molecule has 0 fully saturated rings. The van der Waals surface area contributed by atoms with Crippen LogP contribution in [0.15, 0.2) is 60.7 Å². The summed E-state index contributed by atoms with van der Waals surface area (Å²) in [4.78, 5) is 0. The Morgan fingerprint density at radius 1 is 0.929 bits per heavy atom. The predicted molar refractivity (Wildman–Crippen MR) is 125 cm³/mol. The second-order valence-corrected chi connectivity index (χ2v) is 8.07. The van der Waals surface area contributed by atoms with E-state index in [1.807, 2.05) is 37.3 Å². The van der Waals surface area contributed by atoms with E-state index in [1.165, 1.54) is 5.56 Å². The Hall–Kier alpha value is -1.92. The molecule has 3 aromatic carbocycles. The maximum atomic E-state index is 6.11. The monoisotopic (exact) mass is 507 g/mol. The Morgan fingerprint density at radius 2 is 1.64 bits per heavy atom. The van der Waals surface area contributed by atoms with Crippen LogP contribution in [0.3, 0.4) is 0 Å². The minimum atomic E-state index is 0.513. The van der Waals surface area contributed by atoms with Crippen LogP contribution in [0.2, 0.25) is 5.02 Å². The van der Waals surface area contributed by atoms with E-state index >= 15 is 0 Å². The van der Waals surface area contributed by atoms with E-state index in [0.29, 0.717) is 19.8 Å². The molecule has 0 aliphatic rings. The van der Waals surface area contributed by atoms with Gasteiger partial charge in [0.25, 0.3) is 0 Å². The molecule has 1 N–H and O–H groups in total. The fourth-order valence-electron chi connectivity index (χ4n) is 2.74. The van der Waals surface area contributed by atoms with Gasteiger partial charge in [0.1, 0.15) is 6.61 Å². The molecule has 0 unspecified atom stereocenters. The molecule has 3 aromatic rings. The molecule has 0 spiro atoms. The predicted octanol–water partition coefficient (Wildman–Crippen LogP) is 6.84. The number of nitrogens with one attached hydrogen (secondary N) is 1. The smallest absolute Gasteiger partial charge is 0.174 e. The van der Waals surface area contributed by atoms with Crippen LogP contribution in [0, 0.1) is 10.5 Å². The van der Waals surface area contributed by atoms with Gasteiger partial charge in [-0.3, -0.25) is 0 Å². The number of hydrogen-bond acceptors (Lipinski definition) is 3. The lowest BCUT2D eigenvalue weighted by atomic mass is 10.1. The standard InChI is InChI=1S/C23H23ClINO2/c1-3-27-22-13-18(14-26-20-10-8-19(24)9-11-20)12-21(25)23(22)28-15-17-6-4-16(2)5-7-17/h4-13,26H,3,14-15H2,1-2H3. The first-order chi connectivity index (χ1) is 13.5. The molecule has 0 radical (unpaired) electrons. The first kappa shape index (κ1) is 20.8. The zero-order valence-electron chi connectivity index (χ0n) is 16.0. The van der Waals surface area contributed by atoms with Crippen LogP contribution >= 0.6 is 34.2 Å². The van der Waals surface area contributed by atoms with E-state index in [4.69, 9.17) is 21.1 Å². The second-order valence-electron chi connectivity index (χ2n) is 6.47. The summed E-state index contributed by atoms with van der Waals surface area (Å²) in [5.41, 5.74) is 4.53. The van der Waals surface area contributed by atoms with Gasteiger partial charge in [-0.1, -0.05) is 41.4 Å². The highest BCUT2D eigenvalue weighted by atomic mass is 127. The van der Waals surface area contributed by atoms with Crippen molar-refractivity contribution in [2.24, 2.45) is 0 Å². The zero-order valence-corrected chi connectivity index (χ0v) is 18.9. The maximum Gasteiger partial charge on any atom is 0.174 e. The molecule has 0 aliphatic heterocycles. The van der Waals surface area contributed by atoms with Crippen LogP contribution in [-0.4, -0.2) is 6.61 Å². The molecule has 0 saturated carbocycles. The van der Waals surface area contributed by atoms with Crippen LogP contribution in [0.1, 0.15) is 23.6 Å². The van der Waals surface area contributed by atoms with Crippen molar-refractivity contribution in [3.05, 3.63) is 85.9 Å². The normalized spacial score (nSPS) is 10.6. The van der Waals surface area contributed by atoms with Gasteiger partial charge in [0.2, 0.25) is 0 Å². The van der Waals surface area contributed by atoms with E-state index in [-0.39, 0.29) is 0 Å².